The number of H-pyrrole nitrogens is 1. The van der Waals surface area contributed by atoms with E-state index in [2.05, 4.69) is 15.0 Å². The molecule has 1 aliphatic rings. The van der Waals surface area contributed by atoms with Gasteiger partial charge in [0.15, 0.2) is 0 Å². The molecule has 0 aliphatic carbocycles. The highest BCUT2D eigenvalue weighted by Gasteiger charge is 2.42. The summed E-state index contributed by atoms with van der Waals surface area (Å²) in [6, 6.07) is 11.0. The van der Waals surface area contributed by atoms with E-state index in [0.29, 0.717) is 24.0 Å². The van der Waals surface area contributed by atoms with Gasteiger partial charge in [0.25, 0.3) is 5.56 Å². The Balaban J connectivity index is 0.00000841. The zero-order chi connectivity index (χ0) is 40.0. The number of aromatic amines is 1. The van der Waals surface area contributed by atoms with Crippen LogP contribution in [0.15, 0.2) is 69.4 Å². The lowest BCUT2D eigenvalue weighted by Crippen LogP contribution is -2.33. The fourth-order valence-electron chi connectivity index (χ4n) is 5.05. The standard InChI is InChI=1S/C34H43N5O14P2.H3N/c1-4-6-8-31(40)50-26-14-10-24(11-15-26)20-48-55(46,49-21-25-12-16-27(17-13-25)51-32(41)9-7-5-2)53-54(44,45)47-22-29-28(37-38-35)18-30(52-29)39-19-23(3)33(42)36-34(39)43;/h10-17,19,28-30H,4-9,18,20-22H2,1-3H3,(H,44,45)(H,36,42,43);1H3/t28-,29+,30+;/m0./s1. The van der Waals surface area contributed by atoms with Gasteiger partial charge in [-0.2, -0.15) is 4.31 Å². The Labute approximate surface area is 321 Å². The van der Waals surface area contributed by atoms with Gasteiger partial charge in [-0.3, -0.25) is 37.5 Å². The molecule has 20 nitrogen and oxygen atoms in total. The molecule has 4 rings (SSSR count). The third kappa shape index (κ3) is 14.2. The highest BCUT2D eigenvalue weighted by molar-refractivity contribution is 7.61. The fourth-order valence-corrected chi connectivity index (χ4v) is 7.65. The number of aromatic nitrogens is 2. The predicted octanol–water partition coefficient (Wildman–Crippen LogP) is 6.84. The molecule has 22 heteroatoms. The molecule has 0 saturated carbocycles. The molecule has 0 spiro atoms. The van der Waals surface area contributed by atoms with Crippen molar-refractivity contribution in [1.29, 1.82) is 0 Å². The maximum atomic E-state index is 13.9. The third-order valence-corrected chi connectivity index (χ3v) is 11.0. The van der Waals surface area contributed by atoms with Gasteiger partial charge in [0.1, 0.15) is 17.7 Å². The van der Waals surface area contributed by atoms with E-state index >= 15 is 0 Å². The molecule has 0 amide bonds. The number of carbonyl (C=O) groups is 2. The number of esters is 2. The average Bonchev–Trinajstić information content (AvgIpc) is 3.55. The van der Waals surface area contributed by atoms with E-state index in [1.807, 2.05) is 13.8 Å². The second-order valence-corrected chi connectivity index (χ2v) is 15.7. The molecule has 0 radical (unpaired) electrons. The van der Waals surface area contributed by atoms with E-state index in [9.17, 15) is 33.2 Å². The Hall–Kier alpha value is -4.45. The summed E-state index contributed by atoms with van der Waals surface area (Å²) in [5.74, 6) is -0.264. The number of nitrogens with one attached hydrogen (secondary N) is 1. The molecule has 2 aromatic carbocycles. The van der Waals surface area contributed by atoms with Gasteiger partial charge in [-0.15, -0.1) is 0 Å². The number of unbranched alkanes of at least 4 members (excludes halogenated alkanes) is 2. The first kappa shape index (κ1) is 45.9. The SMILES string of the molecule is CCCCC(=O)Oc1ccc(COP(=O)(OCc2ccc(OC(=O)CCCC)cc2)OP(=O)(O)OC[C@H]2O[C@@H](n3cc(C)c(=O)[nH]c3=O)C[C@@H]2N=[N+]=[N-])cc1.N. The smallest absolute Gasteiger partial charge is 0.427 e. The van der Waals surface area contributed by atoms with Gasteiger partial charge in [-0.1, -0.05) is 56.1 Å². The Kier molecular flexibility index (Phi) is 17.8. The molecule has 1 unspecified atom stereocenters. The molecule has 3 aromatic rings. The zero-order valence-electron chi connectivity index (χ0n) is 31.1. The lowest BCUT2D eigenvalue weighted by Gasteiger charge is -2.22. The van der Waals surface area contributed by atoms with E-state index < -0.39 is 77.0 Å². The number of phosphoric acid groups is 2. The first-order chi connectivity index (χ1) is 26.2. The Morgan fingerprint density at radius 2 is 1.45 bits per heavy atom. The number of benzene rings is 2. The summed E-state index contributed by atoms with van der Waals surface area (Å²) in [5, 5.41) is 3.64. The number of phosphoric ester groups is 2. The van der Waals surface area contributed by atoms with Crippen molar-refractivity contribution in [1.82, 2.24) is 15.7 Å². The number of nitrogens with zero attached hydrogens (tertiary/aromatic N) is 4. The second kappa shape index (κ2) is 21.7. The number of ether oxygens (including phenoxy) is 3. The molecule has 2 heterocycles. The van der Waals surface area contributed by atoms with Crippen molar-refractivity contribution in [2.24, 2.45) is 5.11 Å². The first-order valence-electron chi connectivity index (χ1n) is 17.4. The van der Waals surface area contributed by atoms with Crippen LogP contribution in [0.4, 0.5) is 0 Å². The van der Waals surface area contributed by atoms with Gasteiger partial charge >= 0.3 is 33.3 Å². The normalized spacial score (nSPS) is 17.6. The average molecular weight is 825 g/mol. The van der Waals surface area contributed by atoms with E-state index in [0.717, 1.165) is 17.4 Å². The van der Waals surface area contributed by atoms with Crippen LogP contribution >= 0.6 is 15.6 Å². The molecule has 1 aromatic heterocycles. The number of carbonyl (C=O) groups excluding carboxylic acids is 2. The van der Waals surface area contributed by atoms with Crippen LogP contribution in [0.1, 0.15) is 81.7 Å². The molecule has 1 saturated heterocycles. The highest BCUT2D eigenvalue weighted by atomic mass is 31.3. The Morgan fingerprint density at radius 3 is 1.93 bits per heavy atom. The molecule has 4 atom stereocenters. The van der Waals surface area contributed by atoms with Crippen LogP contribution in [-0.2, 0) is 54.6 Å². The third-order valence-electron chi connectivity index (χ3n) is 8.02. The number of hydrogen-bond donors (Lipinski definition) is 3. The zero-order valence-corrected chi connectivity index (χ0v) is 32.9. The molecule has 306 valence electrons. The van der Waals surface area contributed by atoms with Crippen molar-refractivity contribution in [2.75, 3.05) is 6.61 Å². The molecule has 5 N–H and O–H groups in total. The van der Waals surface area contributed by atoms with Gasteiger partial charge in [-0.25, -0.2) is 13.9 Å². The topological polar surface area (TPSA) is 292 Å². The minimum atomic E-state index is -5.30. The minimum Gasteiger partial charge on any atom is -0.427 e. The van der Waals surface area contributed by atoms with Gasteiger partial charge < -0.3 is 25.3 Å². The number of hydrogen-bond acceptors (Lipinski definition) is 15. The lowest BCUT2D eigenvalue weighted by molar-refractivity contribution is -0.135. The van der Waals surface area contributed by atoms with Crippen molar-refractivity contribution in [3.8, 4) is 11.5 Å². The Bertz CT molecular complexity index is 1960. The summed E-state index contributed by atoms with van der Waals surface area (Å²) in [6.07, 6.45) is 2.49. The maximum absolute atomic E-state index is 13.9. The van der Waals surface area contributed by atoms with Gasteiger partial charge in [0.2, 0.25) is 0 Å². The summed E-state index contributed by atoms with van der Waals surface area (Å²) in [4.78, 5) is 63.9. The van der Waals surface area contributed by atoms with Crippen LogP contribution in [-0.4, -0.2) is 45.1 Å². The van der Waals surface area contributed by atoms with Gasteiger partial charge in [-0.05, 0) is 60.7 Å². The maximum Gasteiger partial charge on any atom is 0.484 e. The van der Waals surface area contributed by atoms with Crippen LogP contribution < -0.4 is 26.9 Å². The molecular weight excluding hydrogens is 778 g/mol. The van der Waals surface area contributed by atoms with Crippen molar-refractivity contribution in [3.05, 3.63) is 103 Å². The predicted molar refractivity (Wildman–Crippen MR) is 200 cm³/mol. The minimum absolute atomic E-state index is 0. The quantitative estimate of drug-likeness (QED) is 0.0247. The number of aryl methyl sites for hydroxylation is 1. The molecule has 1 fully saturated rings. The lowest BCUT2D eigenvalue weighted by atomic mass is 10.1. The van der Waals surface area contributed by atoms with E-state index in [1.165, 1.54) is 61.7 Å². The molecule has 1 aliphatic heterocycles. The van der Waals surface area contributed by atoms with Crippen molar-refractivity contribution in [3.63, 3.8) is 0 Å². The van der Waals surface area contributed by atoms with Gasteiger partial charge in [0, 0.05) is 35.9 Å². The highest BCUT2D eigenvalue weighted by Crippen LogP contribution is 2.64. The summed E-state index contributed by atoms with van der Waals surface area (Å²) >= 11 is 0. The number of rotatable bonds is 21. The number of azide groups is 1. The van der Waals surface area contributed by atoms with Crippen LogP contribution in [0.5, 0.6) is 11.5 Å². The second-order valence-electron chi connectivity index (χ2n) is 12.4. The fraction of sp³-hybridized carbons (Fsp3) is 0.471. The monoisotopic (exact) mass is 824 g/mol. The van der Waals surface area contributed by atoms with Crippen molar-refractivity contribution in [2.45, 2.75) is 97.3 Å². The van der Waals surface area contributed by atoms with Crippen LogP contribution in [0.25, 0.3) is 10.4 Å². The van der Waals surface area contributed by atoms with Gasteiger partial charge in [0.05, 0.1) is 32.0 Å². The molecule has 0 bridgehead atoms. The molecular formula is C34H46N6O14P2. The van der Waals surface area contributed by atoms with Crippen molar-refractivity contribution < 1.29 is 55.7 Å². The summed E-state index contributed by atoms with van der Waals surface area (Å²) < 4.78 is 65.7. The van der Waals surface area contributed by atoms with Crippen LogP contribution in [0.2, 0.25) is 0 Å². The van der Waals surface area contributed by atoms with E-state index in [-0.39, 0.29) is 42.5 Å². The van der Waals surface area contributed by atoms with Crippen LogP contribution in [0.3, 0.4) is 0 Å². The first-order valence-corrected chi connectivity index (χ1v) is 20.4. The summed E-state index contributed by atoms with van der Waals surface area (Å²) in [7, 11) is -10.2. The largest absolute Gasteiger partial charge is 0.484 e. The summed E-state index contributed by atoms with van der Waals surface area (Å²) in [6.45, 7) is 3.73. The molecule has 56 heavy (non-hydrogen) atoms. The van der Waals surface area contributed by atoms with Crippen LogP contribution in [0, 0.1) is 6.92 Å². The van der Waals surface area contributed by atoms with E-state index in [1.54, 1.807) is 0 Å². The van der Waals surface area contributed by atoms with E-state index in [4.69, 9.17) is 37.6 Å². The summed E-state index contributed by atoms with van der Waals surface area (Å²) in [5.41, 5.74) is 8.71. The van der Waals surface area contributed by atoms with Crippen molar-refractivity contribution >= 4 is 27.6 Å². The Morgan fingerprint density at radius 1 is 0.929 bits per heavy atom.